The summed E-state index contributed by atoms with van der Waals surface area (Å²) in [4.78, 5) is 21.1. The average Bonchev–Trinajstić information content (AvgIpc) is 2.98. The van der Waals surface area contributed by atoms with Gasteiger partial charge in [-0.2, -0.15) is 10.6 Å². The Morgan fingerprint density at radius 1 is 1.19 bits per heavy atom. The molecule has 10 nitrogen and oxygen atoms in total. The highest BCUT2D eigenvalue weighted by Gasteiger charge is 2.27. The number of ether oxygens (including phenoxy) is 3. The molecule has 1 amide bonds. The van der Waals surface area contributed by atoms with E-state index in [1.165, 1.54) is 36.7 Å². The van der Waals surface area contributed by atoms with E-state index in [-0.39, 0.29) is 58.2 Å². The number of carbonyl (C=O) groups is 1. The van der Waals surface area contributed by atoms with Crippen molar-refractivity contribution in [3.63, 3.8) is 0 Å². The Labute approximate surface area is 208 Å². The predicted molar refractivity (Wildman–Crippen MR) is 131 cm³/mol. The third-order valence-electron chi connectivity index (χ3n) is 5.17. The summed E-state index contributed by atoms with van der Waals surface area (Å²) in [5.41, 5.74) is 0.806. The molecule has 3 aromatic rings. The number of fused-ring (bicyclic) bond motifs is 1. The molecule has 4 rings (SSSR count). The average molecular weight is 520 g/mol. The fraction of sp³-hybridized carbons (Fsp3) is 0.292. The van der Waals surface area contributed by atoms with Crippen molar-refractivity contribution >= 4 is 22.3 Å². The van der Waals surface area contributed by atoms with Crippen molar-refractivity contribution in [2.24, 2.45) is 0 Å². The summed E-state index contributed by atoms with van der Waals surface area (Å²) in [5, 5.41) is 12.0. The van der Waals surface area contributed by atoms with Crippen LogP contribution in [0, 0.1) is 12.7 Å². The lowest BCUT2D eigenvalue weighted by Gasteiger charge is -2.31. The Hall–Kier alpha value is -3.45. The number of aromatic nitrogens is 2. The molecule has 2 aromatic carbocycles. The van der Waals surface area contributed by atoms with E-state index >= 15 is 0 Å². The fourth-order valence-electron chi connectivity index (χ4n) is 3.39. The largest absolute Gasteiger partial charge is 0.491 e. The molecule has 0 spiro atoms. The molecule has 0 bridgehead atoms. The summed E-state index contributed by atoms with van der Waals surface area (Å²) in [5.74, 6) is -0.931. The lowest BCUT2D eigenvalue weighted by molar-refractivity contribution is 0.102. The molecule has 36 heavy (non-hydrogen) atoms. The van der Waals surface area contributed by atoms with Crippen molar-refractivity contribution in [1.82, 2.24) is 9.97 Å². The van der Waals surface area contributed by atoms with Crippen LogP contribution in [0.4, 0.5) is 10.2 Å². The summed E-state index contributed by atoms with van der Waals surface area (Å²) in [7, 11) is -3.19. The Kier molecular flexibility index (Phi) is 7.59. The number of hydrogen-bond donors (Lipinski definition) is 4. The van der Waals surface area contributed by atoms with E-state index in [9.17, 15) is 23.4 Å². The molecule has 1 atom stereocenters. The molecule has 192 valence electrons. The lowest BCUT2D eigenvalue weighted by atomic mass is 10.2. The highest BCUT2D eigenvalue weighted by Crippen LogP contribution is 2.55. The summed E-state index contributed by atoms with van der Waals surface area (Å²) in [6, 6.07) is 6.50. The highest BCUT2D eigenvalue weighted by molar-refractivity contribution is 8.24. The molecule has 4 N–H and O–H groups in total. The van der Waals surface area contributed by atoms with E-state index < -0.39 is 28.4 Å². The number of carbonyl (C=O) groups excluding carboxylic acids is 1. The molecule has 1 aromatic heterocycles. The minimum atomic E-state index is -3.19. The number of aliphatic hydroxyl groups excluding tert-OH is 1. The summed E-state index contributed by atoms with van der Waals surface area (Å²) in [6.07, 6.45) is 2.74. The number of aliphatic hydroxyl groups is 1. The molecule has 0 saturated carbocycles. The van der Waals surface area contributed by atoms with Gasteiger partial charge in [0, 0.05) is 29.5 Å². The molecule has 2 heterocycles. The first-order chi connectivity index (χ1) is 17.1. The summed E-state index contributed by atoms with van der Waals surface area (Å²) >= 11 is 0. The van der Waals surface area contributed by atoms with Gasteiger partial charge in [-0.25, -0.2) is 9.37 Å². The second kappa shape index (κ2) is 10.7. The van der Waals surface area contributed by atoms with Crippen molar-refractivity contribution < 1.29 is 37.6 Å². The number of nitrogens with zero attached hydrogens (tertiary/aromatic N) is 2. The van der Waals surface area contributed by atoms with Gasteiger partial charge in [0.15, 0.2) is 17.4 Å². The normalized spacial score (nSPS) is 16.1. The summed E-state index contributed by atoms with van der Waals surface area (Å²) in [6.45, 7) is 3.37. The standard InChI is InChI=1S/C24H26FN3O7S/c1-14-11-27-23(12-26-14)28-24(30)16-6-17(34-15(2)13-29)8-18(7-16)35-20-10-21-22(9-19(20)25)36(31,32)5-3-4-33-21/h6-12,15,29,31-32H,3-5,13H2,1-2H3,(H,27,28,30)/t15-/m0/s1. The lowest BCUT2D eigenvalue weighted by Crippen LogP contribution is -2.17. The maximum absolute atomic E-state index is 14.9. The van der Waals surface area contributed by atoms with E-state index in [0.29, 0.717) is 12.1 Å². The molecule has 0 fully saturated rings. The molecule has 1 aliphatic heterocycles. The molecular formula is C24H26FN3O7S. The predicted octanol–water partition coefficient (Wildman–Crippen LogP) is 4.62. The Balaban J connectivity index is 1.66. The summed E-state index contributed by atoms with van der Waals surface area (Å²) < 4.78 is 52.6. The van der Waals surface area contributed by atoms with Crippen LogP contribution in [-0.4, -0.2) is 55.2 Å². The van der Waals surface area contributed by atoms with Gasteiger partial charge in [-0.05, 0) is 32.4 Å². The zero-order chi connectivity index (χ0) is 25.9. The number of hydrogen-bond acceptors (Lipinski definition) is 9. The van der Waals surface area contributed by atoms with Crippen molar-refractivity contribution in [3.05, 3.63) is 59.8 Å². The van der Waals surface area contributed by atoms with Gasteiger partial charge in [0.1, 0.15) is 28.2 Å². The van der Waals surface area contributed by atoms with Crippen LogP contribution in [0.5, 0.6) is 23.0 Å². The zero-order valence-corrected chi connectivity index (χ0v) is 20.4. The van der Waals surface area contributed by atoms with Crippen LogP contribution in [-0.2, 0) is 0 Å². The van der Waals surface area contributed by atoms with Gasteiger partial charge >= 0.3 is 0 Å². The maximum Gasteiger partial charge on any atom is 0.257 e. The van der Waals surface area contributed by atoms with Crippen molar-refractivity contribution in [2.45, 2.75) is 31.3 Å². The third kappa shape index (κ3) is 6.02. The van der Waals surface area contributed by atoms with Gasteiger partial charge in [-0.15, -0.1) is 0 Å². The smallest absolute Gasteiger partial charge is 0.257 e. The molecule has 0 radical (unpaired) electrons. The van der Waals surface area contributed by atoms with Gasteiger partial charge in [0.2, 0.25) is 0 Å². The number of nitrogens with one attached hydrogen (secondary N) is 1. The molecule has 1 aliphatic rings. The minimum Gasteiger partial charge on any atom is -0.491 e. The maximum atomic E-state index is 14.9. The Morgan fingerprint density at radius 3 is 2.69 bits per heavy atom. The van der Waals surface area contributed by atoms with E-state index in [2.05, 4.69) is 15.3 Å². The van der Waals surface area contributed by atoms with E-state index in [1.54, 1.807) is 13.8 Å². The van der Waals surface area contributed by atoms with Gasteiger partial charge < -0.3 is 24.6 Å². The van der Waals surface area contributed by atoms with Crippen molar-refractivity contribution in [1.29, 1.82) is 0 Å². The molecule has 0 unspecified atom stereocenters. The van der Waals surface area contributed by atoms with Gasteiger partial charge in [0.05, 0.1) is 31.3 Å². The minimum absolute atomic E-state index is 0.0158. The number of rotatable bonds is 7. The number of halogens is 1. The van der Waals surface area contributed by atoms with Crippen LogP contribution in [0.15, 0.2) is 47.6 Å². The van der Waals surface area contributed by atoms with Crippen LogP contribution in [0.25, 0.3) is 0 Å². The van der Waals surface area contributed by atoms with Crippen LogP contribution < -0.4 is 19.5 Å². The first kappa shape index (κ1) is 25.6. The monoisotopic (exact) mass is 519 g/mol. The van der Waals surface area contributed by atoms with Crippen LogP contribution in [0.2, 0.25) is 0 Å². The third-order valence-corrected chi connectivity index (χ3v) is 7.05. The van der Waals surface area contributed by atoms with Crippen molar-refractivity contribution in [2.75, 3.05) is 24.3 Å². The fourth-order valence-corrected chi connectivity index (χ4v) is 4.86. The van der Waals surface area contributed by atoms with Crippen molar-refractivity contribution in [3.8, 4) is 23.0 Å². The second-order valence-electron chi connectivity index (χ2n) is 8.21. The quantitative estimate of drug-likeness (QED) is 0.351. The van der Waals surface area contributed by atoms with Gasteiger partial charge in [0.25, 0.3) is 5.91 Å². The number of benzene rings is 2. The first-order valence-corrected chi connectivity index (χ1v) is 12.8. The highest BCUT2D eigenvalue weighted by atomic mass is 32.3. The molecule has 12 heteroatoms. The number of aryl methyl sites for hydroxylation is 1. The van der Waals surface area contributed by atoms with Gasteiger partial charge in [-0.1, -0.05) is 0 Å². The van der Waals surface area contributed by atoms with Crippen LogP contribution in [0.1, 0.15) is 29.4 Å². The topological polar surface area (TPSA) is 143 Å². The number of anilines is 1. The zero-order valence-electron chi connectivity index (χ0n) is 19.6. The Morgan fingerprint density at radius 2 is 1.97 bits per heavy atom. The Bertz CT molecular complexity index is 1260. The molecule has 0 aliphatic carbocycles. The number of amides is 1. The SMILES string of the molecule is Cc1cnc(NC(=O)c2cc(Oc3cc4c(cc3F)S(O)(O)CCCO4)cc(O[C@@H](C)CO)c2)cn1. The molecule has 0 saturated heterocycles. The first-order valence-electron chi connectivity index (χ1n) is 11.1. The second-order valence-corrected chi connectivity index (χ2v) is 10.4. The molecular weight excluding hydrogens is 493 g/mol. The van der Waals surface area contributed by atoms with E-state index in [0.717, 1.165) is 6.07 Å². The van der Waals surface area contributed by atoms with Gasteiger partial charge in [-0.3, -0.25) is 18.9 Å². The van der Waals surface area contributed by atoms with E-state index in [4.69, 9.17) is 14.2 Å². The van der Waals surface area contributed by atoms with E-state index in [1.807, 2.05) is 0 Å². The van der Waals surface area contributed by atoms with Crippen LogP contribution >= 0.6 is 10.6 Å². The van der Waals surface area contributed by atoms with Crippen LogP contribution in [0.3, 0.4) is 0 Å².